The number of carbonyl (C=O) groups excluding carboxylic acids is 1. The first kappa shape index (κ1) is 16.3. The summed E-state index contributed by atoms with van der Waals surface area (Å²) < 4.78 is 39.4. The number of hydrogen-bond donors (Lipinski definition) is 1. The molecule has 128 valence electrons. The summed E-state index contributed by atoms with van der Waals surface area (Å²) in [5.74, 6) is -0.618. The van der Waals surface area contributed by atoms with Crippen LogP contribution in [0.2, 0.25) is 0 Å². The SMILES string of the molecule is NC(=O)c1cc(N2CCC[C@H](n3ccc(C(F)(F)F)n3)C2)ccn1. The predicted molar refractivity (Wildman–Crippen MR) is 80.5 cm³/mol. The lowest BCUT2D eigenvalue weighted by Crippen LogP contribution is -2.37. The van der Waals surface area contributed by atoms with Gasteiger partial charge in [0.15, 0.2) is 5.69 Å². The molecule has 2 aromatic heterocycles. The molecule has 6 nitrogen and oxygen atoms in total. The van der Waals surface area contributed by atoms with Gasteiger partial charge in [-0.25, -0.2) is 0 Å². The molecule has 0 bridgehead atoms. The van der Waals surface area contributed by atoms with Crippen LogP contribution in [0.3, 0.4) is 0 Å². The molecule has 0 saturated carbocycles. The van der Waals surface area contributed by atoms with Gasteiger partial charge in [0.1, 0.15) is 5.69 Å². The van der Waals surface area contributed by atoms with Crippen molar-refractivity contribution in [1.29, 1.82) is 0 Å². The van der Waals surface area contributed by atoms with Gasteiger partial charge in [-0.3, -0.25) is 14.5 Å². The first-order chi connectivity index (χ1) is 11.3. The molecule has 1 amide bonds. The van der Waals surface area contributed by atoms with Gasteiger partial charge in [0.05, 0.1) is 6.04 Å². The summed E-state index contributed by atoms with van der Waals surface area (Å²) in [5, 5.41) is 3.66. The molecule has 24 heavy (non-hydrogen) atoms. The van der Waals surface area contributed by atoms with Crippen LogP contribution in [0.5, 0.6) is 0 Å². The number of piperidine rings is 1. The molecule has 3 heterocycles. The molecule has 0 radical (unpaired) electrons. The molecule has 1 aliphatic rings. The highest BCUT2D eigenvalue weighted by Gasteiger charge is 2.34. The Morgan fingerprint density at radius 1 is 1.33 bits per heavy atom. The second-order valence-electron chi connectivity index (χ2n) is 5.68. The maximum Gasteiger partial charge on any atom is 0.435 e. The number of amides is 1. The van der Waals surface area contributed by atoms with Gasteiger partial charge in [-0.15, -0.1) is 0 Å². The smallest absolute Gasteiger partial charge is 0.369 e. The highest BCUT2D eigenvalue weighted by molar-refractivity contribution is 5.91. The van der Waals surface area contributed by atoms with E-state index in [1.165, 1.54) is 17.1 Å². The van der Waals surface area contributed by atoms with Crippen LogP contribution in [0.4, 0.5) is 18.9 Å². The van der Waals surface area contributed by atoms with Gasteiger partial charge in [-0.2, -0.15) is 18.3 Å². The van der Waals surface area contributed by atoms with Gasteiger partial charge in [0.25, 0.3) is 5.91 Å². The van der Waals surface area contributed by atoms with Gasteiger partial charge >= 0.3 is 6.18 Å². The summed E-state index contributed by atoms with van der Waals surface area (Å²) in [6.07, 6.45) is -0.0441. The van der Waals surface area contributed by atoms with E-state index in [-0.39, 0.29) is 11.7 Å². The molecule has 0 spiro atoms. The number of primary amides is 1. The number of nitrogens with zero attached hydrogens (tertiary/aromatic N) is 4. The van der Waals surface area contributed by atoms with Crippen molar-refractivity contribution >= 4 is 11.6 Å². The zero-order valence-corrected chi connectivity index (χ0v) is 12.7. The van der Waals surface area contributed by atoms with E-state index in [2.05, 4.69) is 10.1 Å². The van der Waals surface area contributed by atoms with E-state index in [1.54, 1.807) is 12.1 Å². The van der Waals surface area contributed by atoms with E-state index < -0.39 is 17.8 Å². The number of aromatic nitrogens is 3. The number of anilines is 1. The summed E-state index contributed by atoms with van der Waals surface area (Å²) in [7, 11) is 0. The normalized spacial score (nSPS) is 18.6. The maximum atomic E-state index is 12.7. The minimum absolute atomic E-state index is 0.160. The Morgan fingerprint density at radius 3 is 2.79 bits per heavy atom. The molecule has 0 aromatic carbocycles. The molecule has 1 fully saturated rings. The van der Waals surface area contributed by atoms with E-state index in [9.17, 15) is 18.0 Å². The first-order valence-corrected chi connectivity index (χ1v) is 7.48. The van der Waals surface area contributed by atoms with Crippen LogP contribution in [0.1, 0.15) is 35.1 Å². The van der Waals surface area contributed by atoms with Crippen molar-refractivity contribution in [3.63, 3.8) is 0 Å². The van der Waals surface area contributed by atoms with Crippen molar-refractivity contribution in [2.24, 2.45) is 5.73 Å². The highest BCUT2D eigenvalue weighted by Crippen LogP contribution is 2.30. The maximum absolute atomic E-state index is 12.7. The minimum atomic E-state index is -4.44. The number of halogens is 3. The second kappa shape index (κ2) is 6.14. The zero-order valence-electron chi connectivity index (χ0n) is 12.7. The van der Waals surface area contributed by atoms with Crippen LogP contribution in [-0.4, -0.2) is 33.8 Å². The Morgan fingerprint density at radius 2 is 2.12 bits per heavy atom. The molecule has 0 aliphatic carbocycles. The van der Waals surface area contributed by atoms with E-state index in [4.69, 9.17) is 5.73 Å². The van der Waals surface area contributed by atoms with E-state index in [1.807, 2.05) is 4.90 Å². The van der Waals surface area contributed by atoms with Crippen molar-refractivity contribution in [3.8, 4) is 0 Å². The molecular formula is C15H16F3N5O. The van der Waals surface area contributed by atoms with Crippen molar-refractivity contribution < 1.29 is 18.0 Å². The number of pyridine rings is 1. The van der Waals surface area contributed by atoms with Crippen LogP contribution in [-0.2, 0) is 6.18 Å². The molecule has 3 rings (SSSR count). The van der Waals surface area contributed by atoms with Gasteiger partial charge in [-0.1, -0.05) is 0 Å². The van der Waals surface area contributed by atoms with Crippen LogP contribution in [0.25, 0.3) is 0 Å². The number of nitrogens with two attached hydrogens (primary N) is 1. The van der Waals surface area contributed by atoms with E-state index in [0.717, 1.165) is 31.1 Å². The fraction of sp³-hybridized carbons (Fsp3) is 0.400. The molecule has 2 N–H and O–H groups in total. The molecule has 1 saturated heterocycles. The summed E-state index contributed by atoms with van der Waals surface area (Å²) >= 11 is 0. The van der Waals surface area contributed by atoms with Gasteiger partial charge in [0.2, 0.25) is 0 Å². The Balaban J connectivity index is 1.78. The summed E-state index contributed by atoms with van der Waals surface area (Å²) in [6, 6.07) is 4.16. The Hall–Kier alpha value is -2.58. The number of carbonyl (C=O) groups is 1. The molecule has 0 unspecified atom stereocenters. The third-order valence-electron chi connectivity index (χ3n) is 4.03. The van der Waals surface area contributed by atoms with Crippen LogP contribution < -0.4 is 10.6 Å². The van der Waals surface area contributed by atoms with Crippen LogP contribution in [0, 0.1) is 0 Å². The largest absolute Gasteiger partial charge is 0.435 e. The quantitative estimate of drug-likeness (QED) is 0.930. The fourth-order valence-electron chi connectivity index (χ4n) is 2.85. The van der Waals surface area contributed by atoms with Crippen LogP contribution >= 0.6 is 0 Å². The predicted octanol–water partition coefficient (Wildman–Crippen LogP) is 2.24. The van der Waals surface area contributed by atoms with Crippen molar-refractivity contribution in [3.05, 3.63) is 42.0 Å². The average Bonchev–Trinajstić information content (AvgIpc) is 3.05. The lowest BCUT2D eigenvalue weighted by molar-refractivity contribution is -0.141. The highest BCUT2D eigenvalue weighted by atomic mass is 19.4. The third-order valence-corrected chi connectivity index (χ3v) is 4.03. The van der Waals surface area contributed by atoms with Crippen molar-refractivity contribution in [2.45, 2.75) is 25.1 Å². The number of alkyl halides is 3. The Labute approximate surface area is 136 Å². The topological polar surface area (TPSA) is 77.0 Å². The molecule has 9 heteroatoms. The lowest BCUT2D eigenvalue weighted by Gasteiger charge is -2.34. The molecule has 1 atom stereocenters. The molecule has 1 aliphatic heterocycles. The zero-order chi connectivity index (χ0) is 17.3. The molecule has 2 aromatic rings. The number of hydrogen-bond acceptors (Lipinski definition) is 4. The summed E-state index contributed by atoms with van der Waals surface area (Å²) in [6.45, 7) is 1.24. The van der Waals surface area contributed by atoms with E-state index in [0.29, 0.717) is 6.54 Å². The lowest BCUT2D eigenvalue weighted by atomic mass is 10.1. The van der Waals surface area contributed by atoms with Gasteiger partial charge in [-0.05, 0) is 31.0 Å². The van der Waals surface area contributed by atoms with Crippen molar-refractivity contribution in [2.75, 3.05) is 18.0 Å². The monoisotopic (exact) mass is 339 g/mol. The van der Waals surface area contributed by atoms with E-state index >= 15 is 0 Å². The second-order valence-corrected chi connectivity index (χ2v) is 5.68. The van der Waals surface area contributed by atoms with Gasteiger partial charge in [0, 0.05) is 31.2 Å². The fourth-order valence-corrected chi connectivity index (χ4v) is 2.85. The average molecular weight is 339 g/mol. The number of rotatable bonds is 3. The Bertz CT molecular complexity index is 743. The first-order valence-electron chi connectivity index (χ1n) is 7.48. The molecular weight excluding hydrogens is 323 g/mol. The van der Waals surface area contributed by atoms with Crippen molar-refractivity contribution in [1.82, 2.24) is 14.8 Å². The summed E-state index contributed by atoms with van der Waals surface area (Å²) in [5.41, 5.74) is 5.27. The third kappa shape index (κ3) is 3.34. The van der Waals surface area contributed by atoms with Crippen LogP contribution in [0.15, 0.2) is 30.6 Å². The summed E-state index contributed by atoms with van der Waals surface area (Å²) in [4.78, 5) is 17.1. The standard InChI is InChI=1S/C15H16F3N5O/c16-15(17,18)13-4-7-23(21-13)11-2-1-6-22(9-11)10-3-5-20-12(8-10)14(19)24/h3-5,7-8,11H,1-2,6,9H2,(H2,19,24)/t11-/m0/s1. The minimum Gasteiger partial charge on any atom is -0.369 e. The Kier molecular flexibility index (Phi) is 4.16. The van der Waals surface area contributed by atoms with Gasteiger partial charge < -0.3 is 10.6 Å².